The Morgan fingerprint density at radius 2 is 1.58 bits per heavy atom. The predicted octanol–water partition coefficient (Wildman–Crippen LogP) is 3.10. The first-order chi connectivity index (χ1) is 12.6. The second-order valence-corrected chi connectivity index (χ2v) is 7.53. The lowest BCUT2D eigenvalue weighted by molar-refractivity contribution is 0.556. The first kappa shape index (κ1) is 18.3. The first-order valence-electron chi connectivity index (χ1n) is 8.31. The molecule has 26 heavy (non-hydrogen) atoms. The highest BCUT2D eigenvalue weighted by Crippen LogP contribution is 2.25. The van der Waals surface area contributed by atoms with Gasteiger partial charge in [0.25, 0.3) is 10.2 Å². The molecule has 0 aliphatic heterocycles. The van der Waals surface area contributed by atoms with Crippen LogP contribution in [0, 0.1) is 6.92 Å². The summed E-state index contributed by atoms with van der Waals surface area (Å²) in [5.74, 6) is 0. The van der Waals surface area contributed by atoms with E-state index in [1.165, 1.54) is 0 Å². The maximum atomic E-state index is 12.6. The molecule has 2 N–H and O–H groups in total. The maximum Gasteiger partial charge on any atom is 0.278 e. The summed E-state index contributed by atoms with van der Waals surface area (Å²) in [7, 11) is -3.71. The number of pyridine rings is 1. The Hall–Kier alpha value is -2.54. The third kappa shape index (κ3) is 4.76. The van der Waals surface area contributed by atoms with E-state index < -0.39 is 16.3 Å². The van der Waals surface area contributed by atoms with Crippen LogP contribution in [0.1, 0.15) is 28.3 Å². The van der Waals surface area contributed by atoms with Gasteiger partial charge < -0.3 is 0 Å². The minimum absolute atomic E-state index is 0.229. The largest absolute Gasteiger partial charge is 0.278 e. The van der Waals surface area contributed by atoms with E-state index in [9.17, 15) is 8.42 Å². The molecule has 0 bridgehead atoms. The SMILES string of the molecule is Cc1ccccc1[C@H](NS(=O)(=O)NCc1ccccc1)c1ccncc1. The van der Waals surface area contributed by atoms with Crippen LogP contribution < -0.4 is 9.44 Å². The van der Waals surface area contributed by atoms with Crippen molar-refractivity contribution in [2.75, 3.05) is 0 Å². The highest BCUT2D eigenvalue weighted by Gasteiger charge is 2.22. The van der Waals surface area contributed by atoms with Gasteiger partial charge in [0.1, 0.15) is 0 Å². The number of benzene rings is 2. The van der Waals surface area contributed by atoms with Crippen LogP contribution >= 0.6 is 0 Å². The monoisotopic (exact) mass is 367 g/mol. The van der Waals surface area contributed by atoms with Gasteiger partial charge in [-0.15, -0.1) is 0 Å². The molecule has 1 heterocycles. The minimum atomic E-state index is -3.71. The number of aryl methyl sites for hydroxylation is 1. The molecule has 1 aromatic heterocycles. The molecule has 0 spiro atoms. The van der Waals surface area contributed by atoms with Crippen LogP contribution in [0.15, 0.2) is 79.1 Å². The lowest BCUT2D eigenvalue weighted by Crippen LogP contribution is -2.39. The smallest absolute Gasteiger partial charge is 0.265 e. The molecule has 3 rings (SSSR count). The zero-order chi connectivity index (χ0) is 18.4. The minimum Gasteiger partial charge on any atom is -0.265 e. The van der Waals surface area contributed by atoms with Gasteiger partial charge >= 0.3 is 0 Å². The number of hydrogen-bond donors (Lipinski definition) is 2. The third-order valence-corrected chi connectivity index (χ3v) is 5.19. The Bertz CT molecular complexity index is 945. The predicted molar refractivity (Wildman–Crippen MR) is 103 cm³/mol. The van der Waals surface area contributed by atoms with E-state index in [0.717, 1.165) is 22.3 Å². The molecule has 0 aliphatic rings. The van der Waals surface area contributed by atoms with Gasteiger partial charge in [-0.05, 0) is 41.3 Å². The summed E-state index contributed by atoms with van der Waals surface area (Å²) >= 11 is 0. The normalized spacial score (nSPS) is 12.7. The van der Waals surface area contributed by atoms with Crippen LogP contribution in [0.3, 0.4) is 0 Å². The summed E-state index contributed by atoms with van der Waals surface area (Å²) in [5.41, 5.74) is 3.65. The van der Waals surface area contributed by atoms with Gasteiger partial charge in [-0.1, -0.05) is 54.6 Å². The van der Waals surface area contributed by atoms with Crippen molar-refractivity contribution in [2.45, 2.75) is 19.5 Å². The fraction of sp³-hybridized carbons (Fsp3) is 0.150. The van der Waals surface area contributed by atoms with E-state index in [2.05, 4.69) is 14.4 Å². The molecule has 0 fully saturated rings. The summed E-state index contributed by atoms with van der Waals surface area (Å²) in [6.07, 6.45) is 3.32. The van der Waals surface area contributed by atoms with Gasteiger partial charge in [0, 0.05) is 18.9 Å². The fourth-order valence-corrected chi connectivity index (χ4v) is 3.76. The van der Waals surface area contributed by atoms with Crippen LogP contribution in [0.5, 0.6) is 0 Å². The molecule has 0 amide bonds. The molecule has 1 atom stereocenters. The van der Waals surface area contributed by atoms with Crippen molar-refractivity contribution < 1.29 is 8.42 Å². The Kier molecular flexibility index (Phi) is 5.78. The fourth-order valence-electron chi connectivity index (χ4n) is 2.75. The van der Waals surface area contributed by atoms with Gasteiger partial charge in [0.15, 0.2) is 0 Å². The Morgan fingerprint density at radius 1 is 0.923 bits per heavy atom. The van der Waals surface area contributed by atoms with E-state index in [0.29, 0.717) is 0 Å². The second-order valence-electron chi connectivity index (χ2n) is 6.00. The van der Waals surface area contributed by atoms with Crippen molar-refractivity contribution in [3.8, 4) is 0 Å². The first-order valence-corrected chi connectivity index (χ1v) is 9.80. The van der Waals surface area contributed by atoms with Crippen LogP contribution in [-0.4, -0.2) is 13.4 Å². The van der Waals surface area contributed by atoms with E-state index >= 15 is 0 Å². The van der Waals surface area contributed by atoms with Crippen molar-refractivity contribution >= 4 is 10.2 Å². The Balaban J connectivity index is 1.84. The molecule has 6 heteroatoms. The number of nitrogens with zero attached hydrogens (tertiary/aromatic N) is 1. The van der Waals surface area contributed by atoms with Crippen LogP contribution in [0.4, 0.5) is 0 Å². The van der Waals surface area contributed by atoms with Crippen molar-refractivity contribution in [1.29, 1.82) is 0 Å². The lowest BCUT2D eigenvalue weighted by Gasteiger charge is -2.21. The molecule has 2 aromatic carbocycles. The highest BCUT2D eigenvalue weighted by atomic mass is 32.2. The van der Waals surface area contributed by atoms with Gasteiger partial charge in [0.2, 0.25) is 0 Å². The molecule has 0 saturated carbocycles. The number of nitrogens with one attached hydrogen (secondary N) is 2. The van der Waals surface area contributed by atoms with Crippen LogP contribution in [0.2, 0.25) is 0 Å². The topological polar surface area (TPSA) is 71.1 Å². The molecule has 0 aliphatic carbocycles. The molecule has 5 nitrogen and oxygen atoms in total. The molecular weight excluding hydrogens is 346 g/mol. The van der Waals surface area contributed by atoms with Gasteiger partial charge in [-0.2, -0.15) is 17.9 Å². The van der Waals surface area contributed by atoms with E-state index in [1.54, 1.807) is 12.4 Å². The molecule has 134 valence electrons. The molecule has 3 aromatic rings. The van der Waals surface area contributed by atoms with Gasteiger partial charge in [-0.25, -0.2) is 0 Å². The lowest BCUT2D eigenvalue weighted by atomic mass is 9.97. The summed E-state index contributed by atoms with van der Waals surface area (Å²) in [6.45, 7) is 2.20. The van der Waals surface area contributed by atoms with E-state index in [-0.39, 0.29) is 6.54 Å². The average Bonchev–Trinajstić information content (AvgIpc) is 2.67. The summed E-state index contributed by atoms with van der Waals surface area (Å²) < 4.78 is 30.6. The second kappa shape index (κ2) is 8.23. The van der Waals surface area contributed by atoms with Crippen molar-refractivity contribution in [3.63, 3.8) is 0 Å². The van der Waals surface area contributed by atoms with Gasteiger partial charge in [-0.3, -0.25) is 4.98 Å². The highest BCUT2D eigenvalue weighted by molar-refractivity contribution is 7.87. The standard InChI is InChI=1S/C20H21N3O2S/c1-16-7-5-6-10-19(16)20(18-11-13-21-14-12-18)23-26(24,25)22-15-17-8-3-2-4-9-17/h2-14,20,22-23H,15H2,1H3/t20-/m1/s1. The number of rotatable bonds is 7. The van der Waals surface area contributed by atoms with Crippen molar-refractivity contribution in [3.05, 3.63) is 101 Å². The van der Waals surface area contributed by atoms with Crippen LogP contribution in [-0.2, 0) is 16.8 Å². The zero-order valence-corrected chi connectivity index (χ0v) is 15.3. The van der Waals surface area contributed by atoms with E-state index in [1.807, 2.05) is 73.7 Å². The maximum absolute atomic E-state index is 12.6. The summed E-state index contributed by atoms with van der Waals surface area (Å²) in [5, 5.41) is 0. The molecule has 0 radical (unpaired) electrons. The van der Waals surface area contributed by atoms with Gasteiger partial charge in [0.05, 0.1) is 6.04 Å². The molecule has 0 unspecified atom stereocenters. The Morgan fingerprint density at radius 3 is 2.27 bits per heavy atom. The average molecular weight is 367 g/mol. The Labute approximate surface area is 154 Å². The third-order valence-electron chi connectivity index (χ3n) is 4.12. The summed E-state index contributed by atoms with van der Waals surface area (Å²) in [6, 6.07) is 20.3. The molecule has 0 saturated heterocycles. The number of aromatic nitrogens is 1. The zero-order valence-electron chi connectivity index (χ0n) is 14.5. The quantitative estimate of drug-likeness (QED) is 0.674. The van der Waals surface area contributed by atoms with Crippen molar-refractivity contribution in [2.24, 2.45) is 0 Å². The summed E-state index contributed by atoms with van der Waals surface area (Å²) in [4.78, 5) is 4.02. The van der Waals surface area contributed by atoms with E-state index in [4.69, 9.17) is 0 Å². The van der Waals surface area contributed by atoms with Crippen molar-refractivity contribution in [1.82, 2.24) is 14.4 Å². The van der Waals surface area contributed by atoms with Crippen LogP contribution in [0.25, 0.3) is 0 Å². The molecular formula is C20H21N3O2S. The number of hydrogen-bond acceptors (Lipinski definition) is 3.